The molecule has 2 aromatic carbocycles. The monoisotopic (exact) mass is 412 g/mol. The molecule has 1 amide bonds. The van der Waals surface area contributed by atoms with Crippen LogP contribution in [0.5, 0.6) is 5.75 Å². The number of nitrogens with one attached hydrogen (secondary N) is 1. The third-order valence-corrected chi connectivity index (χ3v) is 4.98. The van der Waals surface area contributed by atoms with Crippen LogP contribution in [0, 0.1) is 0 Å². The van der Waals surface area contributed by atoms with E-state index in [1.165, 1.54) is 0 Å². The summed E-state index contributed by atoms with van der Waals surface area (Å²) in [6, 6.07) is 14.0. The largest absolute Gasteiger partial charge is 0.497 e. The van der Waals surface area contributed by atoms with Crippen molar-refractivity contribution in [3.63, 3.8) is 0 Å². The van der Waals surface area contributed by atoms with Gasteiger partial charge in [-0.2, -0.15) is 0 Å². The fourth-order valence-corrected chi connectivity index (χ4v) is 3.31. The van der Waals surface area contributed by atoms with Crippen LogP contribution in [0.25, 0.3) is 0 Å². The smallest absolute Gasteiger partial charge is 0.410 e. The number of amides is 1. The Bertz CT molecular complexity index is 854. The number of carbonyl (C=O) groups is 1. The summed E-state index contributed by atoms with van der Waals surface area (Å²) in [6.07, 6.45) is -0.249. The van der Waals surface area contributed by atoms with Gasteiger partial charge >= 0.3 is 6.09 Å². The Morgan fingerprint density at radius 2 is 1.73 bits per heavy atom. The number of nitrogen functional groups attached to an aromatic ring is 1. The maximum atomic E-state index is 12.3. The first-order chi connectivity index (χ1) is 14.2. The van der Waals surface area contributed by atoms with Crippen molar-refractivity contribution in [3.05, 3.63) is 48.0 Å². The SMILES string of the molecule is COc1ccc(CNc2cc(N3CCN(C(=O)OC(C)(C)C)CC3)ccc2N)cc1. The van der Waals surface area contributed by atoms with Crippen molar-refractivity contribution in [3.8, 4) is 5.75 Å². The highest BCUT2D eigenvalue weighted by Gasteiger charge is 2.26. The van der Waals surface area contributed by atoms with E-state index in [9.17, 15) is 4.79 Å². The molecule has 7 nitrogen and oxygen atoms in total. The molecule has 1 aliphatic rings. The minimum Gasteiger partial charge on any atom is -0.497 e. The molecule has 0 aromatic heterocycles. The summed E-state index contributed by atoms with van der Waals surface area (Å²) in [5, 5.41) is 3.42. The molecule has 3 rings (SSSR count). The fourth-order valence-electron chi connectivity index (χ4n) is 3.31. The third kappa shape index (κ3) is 5.72. The number of rotatable bonds is 5. The Kier molecular flexibility index (Phi) is 6.59. The quantitative estimate of drug-likeness (QED) is 0.724. The van der Waals surface area contributed by atoms with E-state index in [0.717, 1.165) is 35.8 Å². The summed E-state index contributed by atoms with van der Waals surface area (Å²) in [6.45, 7) is 9.09. The molecule has 7 heteroatoms. The van der Waals surface area contributed by atoms with Crippen molar-refractivity contribution in [2.24, 2.45) is 0 Å². The number of benzene rings is 2. The summed E-state index contributed by atoms with van der Waals surface area (Å²) in [5.74, 6) is 0.839. The molecular weight excluding hydrogens is 380 g/mol. The molecule has 1 heterocycles. The second kappa shape index (κ2) is 9.15. The highest BCUT2D eigenvalue weighted by molar-refractivity contribution is 5.73. The van der Waals surface area contributed by atoms with E-state index in [1.807, 2.05) is 57.2 Å². The Balaban J connectivity index is 1.59. The van der Waals surface area contributed by atoms with E-state index >= 15 is 0 Å². The summed E-state index contributed by atoms with van der Waals surface area (Å²) >= 11 is 0. The molecule has 2 aromatic rings. The topological polar surface area (TPSA) is 80.1 Å². The lowest BCUT2D eigenvalue weighted by Crippen LogP contribution is -2.50. The van der Waals surface area contributed by atoms with Crippen molar-refractivity contribution in [2.75, 3.05) is 49.2 Å². The standard InChI is InChI=1S/C23H32N4O3/c1-23(2,3)30-22(28)27-13-11-26(12-14-27)18-7-10-20(24)21(15-18)25-16-17-5-8-19(29-4)9-6-17/h5-10,15,25H,11-14,16,24H2,1-4H3. The number of anilines is 3. The van der Waals surface area contributed by atoms with Crippen LogP contribution in [0.4, 0.5) is 21.9 Å². The minimum atomic E-state index is -0.477. The van der Waals surface area contributed by atoms with Crippen LogP contribution in [-0.4, -0.2) is 49.9 Å². The number of ether oxygens (including phenoxy) is 2. The van der Waals surface area contributed by atoms with E-state index in [-0.39, 0.29) is 6.09 Å². The van der Waals surface area contributed by atoms with Crippen LogP contribution in [0.15, 0.2) is 42.5 Å². The van der Waals surface area contributed by atoms with E-state index in [0.29, 0.717) is 25.3 Å². The first-order valence-corrected chi connectivity index (χ1v) is 10.2. The maximum Gasteiger partial charge on any atom is 0.410 e. The summed E-state index contributed by atoms with van der Waals surface area (Å²) in [4.78, 5) is 16.3. The Labute approximate surface area is 178 Å². The molecule has 162 valence electrons. The molecule has 0 spiro atoms. The lowest BCUT2D eigenvalue weighted by atomic mass is 10.1. The molecule has 1 fully saturated rings. The summed E-state index contributed by atoms with van der Waals surface area (Å²) in [7, 11) is 1.66. The number of piperazine rings is 1. The van der Waals surface area contributed by atoms with Gasteiger partial charge in [0.05, 0.1) is 18.5 Å². The second-order valence-corrected chi connectivity index (χ2v) is 8.43. The van der Waals surface area contributed by atoms with Crippen LogP contribution in [0.2, 0.25) is 0 Å². The van der Waals surface area contributed by atoms with Crippen molar-refractivity contribution in [2.45, 2.75) is 32.9 Å². The van der Waals surface area contributed by atoms with Gasteiger partial charge in [0.1, 0.15) is 11.4 Å². The van der Waals surface area contributed by atoms with Gasteiger partial charge in [0.2, 0.25) is 0 Å². The van der Waals surface area contributed by atoms with Crippen LogP contribution in [0.3, 0.4) is 0 Å². The van der Waals surface area contributed by atoms with Gasteiger partial charge in [-0.05, 0) is 56.7 Å². The van der Waals surface area contributed by atoms with Crippen LogP contribution in [0.1, 0.15) is 26.3 Å². The van der Waals surface area contributed by atoms with E-state index < -0.39 is 5.60 Å². The third-order valence-electron chi connectivity index (χ3n) is 4.98. The first kappa shape index (κ1) is 21.6. The number of nitrogens with zero attached hydrogens (tertiary/aromatic N) is 2. The van der Waals surface area contributed by atoms with Crippen molar-refractivity contribution in [1.82, 2.24) is 4.90 Å². The lowest BCUT2D eigenvalue weighted by Gasteiger charge is -2.37. The molecule has 1 saturated heterocycles. The first-order valence-electron chi connectivity index (χ1n) is 10.2. The highest BCUT2D eigenvalue weighted by atomic mass is 16.6. The zero-order valence-electron chi connectivity index (χ0n) is 18.3. The Morgan fingerprint density at radius 3 is 2.33 bits per heavy atom. The van der Waals surface area contributed by atoms with Gasteiger partial charge in [0.15, 0.2) is 0 Å². The molecule has 3 N–H and O–H groups in total. The molecule has 0 unspecified atom stereocenters. The van der Waals surface area contributed by atoms with Gasteiger partial charge in [0, 0.05) is 38.4 Å². The van der Waals surface area contributed by atoms with Gasteiger partial charge in [-0.15, -0.1) is 0 Å². The number of nitrogens with two attached hydrogens (primary N) is 1. The predicted molar refractivity (Wildman–Crippen MR) is 121 cm³/mol. The fraction of sp³-hybridized carbons (Fsp3) is 0.435. The lowest BCUT2D eigenvalue weighted by molar-refractivity contribution is 0.0240. The summed E-state index contributed by atoms with van der Waals surface area (Å²) in [5.41, 5.74) is 9.54. The average molecular weight is 413 g/mol. The van der Waals surface area contributed by atoms with E-state index in [2.05, 4.69) is 16.3 Å². The Hall–Kier alpha value is -3.09. The number of carbonyl (C=O) groups excluding carboxylic acids is 1. The maximum absolute atomic E-state index is 12.3. The normalized spacial score (nSPS) is 14.4. The summed E-state index contributed by atoms with van der Waals surface area (Å²) < 4.78 is 10.7. The predicted octanol–water partition coefficient (Wildman–Crippen LogP) is 3.95. The van der Waals surface area contributed by atoms with Crippen molar-refractivity contribution in [1.29, 1.82) is 0 Å². The van der Waals surface area contributed by atoms with Crippen LogP contribution in [-0.2, 0) is 11.3 Å². The molecule has 0 aliphatic carbocycles. The van der Waals surface area contributed by atoms with Crippen LogP contribution >= 0.6 is 0 Å². The number of hydrogen-bond donors (Lipinski definition) is 2. The van der Waals surface area contributed by atoms with Crippen molar-refractivity contribution < 1.29 is 14.3 Å². The average Bonchev–Trinajstić information content (AvgIpc) is 2.72. The Morgan fingerprint density at radius 1 is 1.07 bits per heavy atom. The molecule has 1 aliphatic heterocycles. The number of methoxy groups -OCH3 is 1. The van der Waals surface area contributed by atoms with Gasteiger partial charge < -0.3 is 30.3 Å². The zero-order chi connectivity index (χ0) is 21.7. The van der Waals surface area contributed by atoms with Crippen LogP contribution < -0.4 is 20.7 Å². The van der Waals surface area contributed by atoms with Gasteiger partial charge in [-0.25, -0.2) is 4.79 Å². The highest BCUT2D eigenvalue weighted by Crippen LogP contribution is 2.27. The molecule has 0 radical (unpaired) electrons. The van der Waals surface area contributed by atoms with E-state index in [4.69, 9.17) is 15.2 Å². The van der Waals surface area contributed by atoms with Gasteiger partial charge in [-0.1, -0.05) is 12.1 Å². The molecule has 0 atom stereocenters. The van der Waals surface area contributed by atoms with Gasteiger partial charge in [0.25, 0.3) is 0 Å². The molecular formula is C23H32N4O3. The van der Waals surface area contributed by atoms with Crippen molar-refractivity contribution >= 4 is 23.2 Å². The minimum absolute atomic E-state index is 0.249. The second-order valence-electron chi connectivity index (χ2n) is 8.43. The number of hydrogen-bond acceptors (Lipinski definition) is 6. The van der Waals surface area contributed by atoms with Gasteiger partial charge in [-0.3, -0.25) is 0 Å². The zero-order valence-corrected chi connectivity index (χ0v) is 18.3. The van der Waals surface area contributed by atoms with E-state index in [1.54, 1.807) is 12.0 Å². The molecule has 0 bridgehead atoms. The molecule has 0 saturated carbocycles. The molecule has 30 heavy (non-hydrogen) atoms.